The lowest BCUT2D eigenvalue weighted by molar-refractivity contribution is -0.136. The Balaban J connectivity index is 1.36. The molecular weight excluding hydrogens is 419 g/mol. The maximum Gasteiger partial charge on any atom is 0.305 e. The summed E-state index contributed by atoms with van der Waals surface area (Å²) in [4.78, 5) is 22.7. The van der Waals surface area contributed by atoms with Crippen LogP contribution in [0.15, 0.2) is 60.7 Å². The number of carbonyl (C=O) groups is 2. The summed E-state index contributed by atoms with van der Waals surface area (Å²) in [7, 11) is 0. The number of carbonyl (C=O) groups excluding carboxylic acids is 1. The van der Waals surface area contributed by atoms with E-state index in [4.69, 9.17) is 5.11 Å². The van der Waals surface area contributed by atoms with Crippen LogP contribution >= 0.6 is 0 Å². The van der Waals surface area contributed by atoms with Crippen molar-refractivity contribution in [3.8, 4) is 0 Å². The molecule has 5 nitrogen and oxygen atoms in total. The highest BCUT2D eigenvalue weighted by Gasteiger charge is 2.27. The molecule has 3 N–H and O–H groups in total. The van der Waals surface area contributed by atoms with E-state index >= 15 is 0 Å². The number of carboxylic acids is 1. The van der Waals surface area contributed by atoms with Crippen molar-refractivity contribution in [2.45, 2.75) is 50.6 Å². The van der Waals surface area contributed by atoms with Gasteiger partial charge in [-0.15, -0.1) is 0 Å². The molecule has 6 heteroatoms. The fraction of sp³-hybridized carbons (Fsp3) is 0.333. The van der Waals surface area contributed by atoms with Gasteiger partial charge in [-0.05, 0) is 66.8 Å². The zero-order valence-corrected chi connectivity index (χ0v) is 18.7. The first kappa shape index (κ1) is 22.9. The molecule has 1 unspecified atom stereocenters. The standard InChI is InChI=1S/C27H29FN2O3/c1-17(22-12-13-25(28)24-5-3-2-4-23(22)24)30-21-11-10-20(16-21)18-6-8-19(9-7-18)27(33)29-15-14-26(31)32/h2-9,12-13,17,20-21,30H,10-11,14-16H2,1H3,(H,29,33)(H,31,32)/t17-,20-,21?/m1/s1. The van der Waals surface area contributed by atoms with E-state index in [2.05, 4.69) is 17.6 Å². The lowest BCUT2D eigenvalue weighted by atomic mass is 9.95. The summed E-state index contributed by atoms with van der Waals surface area (Å²) in [5, 5.41) is 16.6. The number of hydrogen-bond acceptors (Lipinski definition) is 3. The zero-order valence-electron chi connectivity index (χ0n) is 18.7. The Morgan fingerprint density at radius 1 is 1.03 bits per heavy atom. The van der Waals surface area contributed by atoms with Crippen molar-refractivity contribution in [1.82, 2.24) is 10.6 Å². The fourth-order valence-electron chi connectivity index (χ4n) is 4.83. The van der Waals surface area contributed by atoms with Gasteiger partial charge in [0.2, 0.25) is 0 Å². The molecule has 3 aromatic carbocycles. The highest BCUT2D eigenvalue weighted by molar-refractivity contribution is 5.94. The molecule has 1 saturated carbocycles. The molecule has 0 spiro atoms. The quantitative estimate of drug-likeness (QED) is 0.444. The van der Waals surface area contributed by atoms with Crippen molar-refractivity contribution in [2.75, 3.05) is 6.54 Å². The van der Waals surface area contributed by atoms with Gasteiger partial charge in [0.15, 0.2) is 0 Å². The number of hydrogen-bond donors (Lipinski definition) is 3. The van der Waals surface area contributed by atoms with E-state index in [1.54, 1.807) is 18.2 Å². The van der Waals surface area contributed by atoms with Gasteiger partial charge in [0.1, 0.15) is 5.82 Å². The number of carboxylic acid groups (broad SMARTS) is 1. The van der Waals surface area contributed by atoms with Crippen molar-refractivity contribution in [1.29, 1.82) is 0 Å². The number of amides is 1. The summed E-state index contributed by atoms with van der Waals surface area (Å²) in [6, 6.07) is 19.1. The molecule has 0 aliphatic heterocycles. The van der Waals surface area contributed by atoms with Crippen LogP contribution in [0.1, 0.15) is 66.1 Å². The molecule has 33 heavy (non-hydrogen) atoms. The van der Waals surface area contributed by atoms with E-state index in [1.807, 2.05) is 42.5 Å². The average molecular weight is 449 g/mol. The van der Waals surface area contributed by atoms with Gasteiger partial charge < -0.3 is 15.7 Å². The fourth-order valence-corrected chi connectivity index (χ4v) is 4.83. The van der Waals surface area contributed by atoms with Crippen LogP contribution in [0.5, 0.6) is 0 Å². The molecule has 1 amide bonds. The van der Waals surface area contributed by atoms with Crippen molar-refractivity contribution < 1.29 is 19.1 Å². The first-order valence-corrected chi connectivity index (χ1v) is 11.5. The number of halogens is 1. The van der Waals surface area contributed by atoms with Crippen LogP contribution in [0.4, 0.5) is 4.39 Å². The molecule has 0 saturated heterocycles. The van der Waals surface area contributed by atoms with E-state index in [1.165, 1.54) is 5.56 Å². The van der Waals surface area contributed by atoms with Crippen molar-refractivity contribution in [2.24, 2.45) is 0 Å². The molecule has 0 heterocycles. The maximum absolute atomic E-state index is 14.2. The third-order valence-corrected chi connectivity index (χ3v) is 6.56. The summed E-state index contributed by atoms with van der Waals surface area (Å²) in [6.07, 6.45) is 3.05. The normalized spacial score (nSPS) is 18.8. The van der Waals surface area contributed by atoms with Crippen LogP contribution in [-0.4, -0.2) is 29.6 Å². The van der Waals surface area contributed by atoms with Gasteiger partial charge in [-0.25, -0.2) is 4.39 Å². The number of benzene rings is 3. The molecule has 0 aromatic heterocycles. The number of fused-ring (bicyclic) bond motifs is 1. The predicted octanol–water partition coefficient (Wildman–Crippen LogP) is 5.17. The second kappa shape index (κ2) is 10.1. The van der Waals surface area contributed by atoms with Crippen LogP contribution in [-0.2, 0) is 4.79 Å². The zero-order chi connectivity index (χ0) is 23.4. The Kier molecular flexibility index (Phi) is 7.04. The molecule has 172 valence electrons. The largest absolute Gasteiger partial charge is 0.481 e. The summed E-state index contributed by atoms with van der Waals surface area (Å²) in [6.45, 7) is 2.25. The first-order chi connectivity index (χ1) is 15.9. The second-order valence-corrected chi connectivity index (χ2v) is 8.80. The summed E-state index contributed by atoms with van der Waals surface area (Å²) < 4.78 is 14.2. The molecule has 1 aliphatic rings. The topological polar surface area (TPSA) is 78.4 Å². The van der Waals surface area contributed by atoms with Gasteiger partial charge in [0.25, 0.3) is 5.91 Å². The SMILES string of the molecule is C[C@@H](NC1CC[C@@H](c2ccc(C(=O)NCCC(=O)O)cc2)C1)c1ccc(F)c2ccccc12. The molecule has 4 rings (SSSR count). The molecule has 3 aromatic rings. The predicted molar refractivity (Wildman–Crippen MR) is 127 cm³/mol. The minimum Gasteiger partial charge on any atom is -0.481 e. The van der Waals surface area contributed by atoms with E-state index in [0.29, 0.717) is 22.9 Å². The number of nitrogens with one attached hydrogen (secondary N) is 2. The van der Waals surface area contributed by atoms with Crippen molar-refractivity contribution in [3.05, 3.63) is 83.2 Å². The van der Waals surface area contributed by atoms with E-state index in [9.17, 15) is 14.0 Å². The molecule has 0 bridgehead atoms. The van der Waals surface area contributed by atoms with Crippen LogP contribution in [0.3, 0.4) is 0 Å². The minimum atomic E-state index is -0.933. The Bertz CT molecular complexity index is 1150. The van der Waals surface area contributed by atoms with Crippen LogP contribution in [0.2, 0.25) is 0 Å². The van der Waals surface area contributed by atoms with Crippen molar-refractivity contribution in [3.63, 3.8) is 0 Å². The lowest BCUT2D eigenvalue weighted by Crippen LogP contribution is -2.29. The lowest BCUT2D eigenvalue weighted by Gasteiger charge is -2.22. The highest BCUT2D eigenvalue weighted by atomic mass is 19.1. The molecular formula is C27H29FN2O3. The Labute approximate surface area is 193 Å². The highest BCUT2D eigenvalue weighted by Crippen LogP contribution is 2.36. The maximum atomic E-state index is 14.2. The van der Waals surface area contributed by atoms with Gasteiger partial charge in [-0.2, -0.15) is 0 Å². The smallest absolute Gasteiger partial charge is 0.305 e. The minimum absolute atomic E-state index is 0.0908. The number of aliphatic carboxylic acids is 1. The second-order valence-electron chi connectivity index (χ2n) is 8.80. The average Bonchev–Trinajstić information content (AvgIpc) is 3.27. The summed E-state index contributed by atoms with van der Waals surface area (Å²) in [5.74, 6) is -0.962. The van der Waals surface area contributed by atoms with Gasteiger partial charge in [0, 0.05) is 29.6 Å². The van der Waals surface area contributed by atoms with Crippen LogP contribution in [0.25, 0.3) is 10.8 Å². The van der Waals surface area contributed by atoms with Crippen molar-refractivity contribution >= 4 is 22.6 Å². The Morgan fingerprint density at radius 3 is 2.48 bits per heavy atom. The molecule has 3 atom stereocenters. The molecule has 0 radical (unpaired) electrons. The van der Waals surface area contributed by atoms with E-state index < -0.39 is 5.97 Å². The monoisotopic (exact) mass is 448 g/mol. The molecule has 1 fully saturated rings. The van der Waals surface area contributed by atoms with Gasteiger partial charge in [-0.3, -0.25) is 9.59 Å². The van der Waals surface area contributed by atoms with E-state index in [-0.39, 0.29) is 30.7 Å². The third kappa shape index (κ3) is 5.40. The van der Waals surface area contributed by atoms with Gasteiger partial charge in [0.05, 0.1) is 6.42 Å². The summed E-state index contributed by atoms with van der Waals surface area (Å²) in [5.41, 5.74) is 2.85. The van der Waals surface area contributed by atoms with E-state index in [0.717, 1.165) is 30.2 Å². The van der Waals surface area contributed by atoms with Crippen LogP contribution < -0.4 is 10.6 Å². The molecule has 1 aliphatic carbocycles. The Hall–Kier alpha value is -3.25. The summed E-state index contributed by atoms with van der Waals surface area (Å²) >= 11 is 0. The van der Waals surface area contributed by atoms with Gasteiger partial charge >= 0.3 is 5.97 Å². The van der Waals surface area contributed by atoms with Gasteiger partial charge in [-0.1, -0.05) is 42.5 Å². The number of rotatable bonds is 8. The third-order valence-electron chi connectivity index (χ3n) is 6.56. The van der Waals surface area contributed by atoms with Crippen LogP contribution in [0, 0.1) is 5.82 Å². The first-order valence-electron chi connectivity index (χ1n) is 11.5. The Morgan fingerprint density at radius 2 is 1.76 bits per heavy atom.